The molecular weight excluding hydrogens is 142 g/mol. The summed E-state index contributed by atoms with van der Waals surface area (Å²) in [5, 5.41) is 11.9. The van der Waals surface area contributed by atoms with Gasteiger partial charge in [-0.05, 0) is 12.2 Å². The van der Waals surface area contributed by atoms with E-state index in [0.29, 0.717) is 18.6 Å². The summed E-state index contributed by atoms with van der Waals surface area (Å²) in [7, 11) is 0. The molecule has 2 N–H and O–H groups in total. The number of rotatable bonds is 0. The normalized spacial score (nSPS) is 28.7. The first kappa shape index (κ1) is 6.46. The average molecular weight is 151 g/mol. The lowest BCUT2D eigenvalue weighted by Crippen LogP contribution is -2.13. The van der Waals surface area contributed by atoms with E-state index in [1.807, 2.05) is 0 Å². The molecule has 0 aromatic carbocycles. The van der Waals surface area contributed by atoms with Crippen molar-refractivity contribution in [2.75, 3.05) is 0 Å². The first-order valence-electron chi connectivity index (χ1n) is 3.65. The Balaban J connectivity index is 2.25. The largest absolute Gasteiger partial charge is 0.512 e. The number of allylic oxidation sites excluding steroid dienone is 4. The predicted octanol–water partition coefficient (Wildman–Crippen LogP) is 0.852. The van der Waals surface area contributed by atoms with Crippen molar-refractivity contribution in [1.29, 1.82) is 0 Å². The van der Waals surface area contributed by atoms with E-state index in [1.165, 1.54) is 0 Å². The summed E-state index contributed by atoms with van der Waals surface area (Å²) in [6, 6.07) is 0. The van der Waals surface area contributed by atoms with Gasteiger partial charge in [0.05, 0.1) is 5.76 Å². The Kier molecular flexibility index (Phi) is 1.24. The van der Waals surface area contributed by atoms with Crippen molar-refractivity contribution in [3.63, 3.8) is 0 Å². The number of fused-ring (bicyclic) bond motifs is 1. The lowest BCUT2D eigenvalue weighted by Gasteiger charge is -2.12. The number of carbonyl (C=O) groups excluding carboxylic acids is 1. The van der Waals surface area contributed by atoms with E-state index in [0.717, 1.165) is 5.70 Å². The number of aliphatic hydroxyl groups is 1. The second-order valence-corrected chi connectivity index (χ2v) is 2.93. The zero-order chi connectivity index (χ0) is 7.84. The average Bonchev–Trinajstić information content (AvgIpc) is 2.27. The SMILES string of the molecule is O=C1CC2CC(O)=CC=C2N1. The molecule has 1 aliphatic carbocycles. The monoisotopic (exact) mass is 151 g/mol. The van der Waals surface area contributed by atoms with Crippen molar-refractivity contribution >= 4 is 5.91 Å². The van der Waals surface area contributed by atoms with E-state index in [2.05, 4.69) is 5.32 Å². The van der Waals surface area contributed by atoms with Gasteiger partial charge in [0.15, 0.2) is 0 Å². The van der Waals surface area contributed by atoms with Gasteiger partial charge in [-0.1, -0.05) is 0 Å². The summed E-state index contributed by atoms with van der Waals surface area (Å²) >= 11 is 0. The van der Waals surface area contributed by atoms with Crippen molar-refractivity contribution in [2.24, 2.45) is 5.92 Å². The highest BCUT2D eigenvalue weighted by Gasteiger charge is 2.28. The van der Waals surface area contributed by atoms with Crippen LogP contribution in [0.5, 0.6) is 0 Å². The number of hydrogen-bond donors (Lipinski definition) is 2. The van der Waals surface area contributed by atoms with Crippen LogP contribution in [0.3, 0.4) is 0 Å². The second kappa shape index (κ2) is 2.12. The Labute approximate surface area is 64.4 Å². The summed E-state index contributed by atoms with van der Waals surface area (Å²) in [6.45, 7) is 0. The molecule has 1 amide bonds. The molecule has 1 saturated heterocycles. The van der Waals surface area contributed by atoms with E-state index in [1.54, 1.807) is 12.2 Å². The molecule has 2 aliphatic rings. The Morgan fingerprint density at radius 1 is 1.45 bits per heavy atom. The number of aliphatic hydroxyl groups excluding tert-OH is 1. The fourth-order valence-electron chi connectivity index (χ4n) is 1.51. The number of nitrogens with one attached hydrogen (secondary N) is 1. The van der Waals surface area contributed by atoms with E-state index in [9.17, 15) is 4.79 Å². The van der Waals surface area contributed by atoms with Gasteiger partial charge in [-0.2, -0.15) is 0 Å². The van der Waals surface area contributed by atoms with Crippen molar-refractivity contribution in [3.8, 4) is 0 Å². The summed E-state index contributed by atoms with van der Waals surface area (Å²) in [4.78, 5) is 10.9. The third-order valence-electron chi connectivity index (χ3n) is 2.07. The zero-order valence-corrected chi connectivity index (χ0v) is 6.00. The minimum atomic E-state index is 0.0596. The Morgan fingerprint density at radius 2 is 2.27 bits per heavy atom. The van der Waals surface area contributed by atoms with Gasteiger partial charge in [-0.25, -0.2) is 0 Å². The number of amides is 1. The fourth-order valence-corrected chi connectivity index (χ4v) is 1.51. The maximum absolute atomic E-state index is 10.9. The molecule has 0 aromatic heterocycles. The second-order valence-electron chi connectivity index (χ2n) is 2.93. The molecule has 1 unspecified atom stereocenters. The van der Waals surface area contributed by atoms with E-state index >= 15 is 0 Å². The van der Waals surface area contributed by atoms with E-state index in [-0.39, 0.29) is 11.8 Å². The van der Waals surface area contributed by atoms with Crippen LogP contribution in [0.4, 0.5) is 0 Å². The molecule has 0 bridgehead atoms. The standard InChI is InChI=1S/C8H9NO2/c10-6-1-2-7-5(3-6)4-8(11)9-7/h1-2,5,10H,3-4H2,(H,9,11). The lowest BCUT2D eigenvalue weighted by molar-refractivity contribution is -0.119. The molecule has 1 heterocycles. The van der Waals surface area contributed by atoms with Crippen LogP contribution in [0, 0.1) is 5.92 Å². The van der Waals surface area contributed by atoms with Gasteiger partial charge in [-0.15, -0.1) is 0 Å². The van der Waals surface area contributed by atoms with Gasteiger partial charge in [0, 0.05) is 24.5 Å². The summed E-state index contributed by atoms with van der Waals surface area (Å²) in [5.41, 5.74) is 0.952. The molecule has 0 spiro atoms. The lowest BCUT2D eigenvalue weighted by atomic mass is 9.96. The summed E-state index contributed by atoms with van der Waals surface area (Å²) < 4.78 is 0. The molecule has 1 aliphatic heterocycles. The van der Waals surface area contributed by atoms with Crippen LogP contribution in [0.2, 0.25) is 0 Å². The van der Waals surface area contributed by atoms with Gasteiger partial charge >= 0.3 is 0 Å². The minimum Gasteiger partial charge on any atom is -0.512 e. The Bertz CT molecular complexity index is 265. The molecule has 1 atom stereocenters. The number of carbonyl (C=O) groups is 1. The summed E-state index contributed by atoms with van der Waals surface area (Å²) in [6.07, 6.45) is 4.53. The van der Waals surface area contributed by atoms with Crippen LogP contribution in [0.25, 0.3) is 0 Å². The zero-order valence-electron chi connectivity index (χ0n) is 6.00. The molecule has 3 nitrogen and oxygen atoms in total. The number of hydrogen-bond acceptors (Lipinski definition) is 2. The first-order chi connectivity index (χ1) is 5.25. The van der Waals surface area contributed by atoms with Crippen LogP contribution in [-0.4, -0.2) is 11.0 Å². The molecule has 2 rings (SSSR count). The van der Waals surface area contributed by atoms with Gasteiger partial charge in [0.2, 0.25) is 5.91 Å². The molecule has 1 fully saturated rings. The van der Waals surface area contributed by atoms with Crippen LogP contribution in [0.1, 0.15) is 12.8 Å². The molecular formula is C8H9NO2. The molecule has 3 heteroatoms. The molecule has 0 saturated carbocycles. The van der Waals surface area contributed by atoms with Gasteiger partial charge in [-0.3, -0.25) is 4.79 Å². The predicted molar refractivity (Wildman–Crippen MR) is 39.7 cm³/mol. The van der Waals surface area contributed by atoms with Crippen molar-refractivity contribution < 1.29 is 9.90 Å². The van der Waals surface area contributed by atoms with Crippen LogP contribution in [-0.2, 0) is 4.79 Å². The van der Waals surface area contributed by atoms with Crippen molar-refractivity contribution in [1.82, 2.24) is 5.32 Å². The summed E-state index contributed by atoms with van der Waals surface area (Å²) in [5.74, 6) is 0.632. The third-order valence-corrected chi connectivity index (χ3v) is 2.07. The first-order valence-corrected chi connectivity index (χ1v) is 3.65. The van der Waals surface area contributed by atoms with Crippen LogP contribution >= 0.6 is 0 Å². The maximum Gasteiger partial charge on any atom is 0.224 e. The quantitative estimate of drug-likeness (QED) is 0.539. The fraction of sp³-hybridized carbons (Fsp3) is 0.375. The minimum absolute atomic E-state index is 0.0596. The van der Waals surface area contributed by atoms with Gasteiger partial charge < -0.3 is 10.4 Å². The van der Waals surface area contributed by atoms with Crippen molar-refractivity contribution in [3.05, 3.63) is 23.6 Å². The third kappa shape index (κ3) is 1.02. The topological polar surface area (TPSA) is 49.3 Å². The highest BCUT2D eigenvalue weighted by Crippen LogP contribution is 2.29. The van der Waals surface area contributed by atoms with E-state index in [4.69, 9.17) is 5.11 Å². The molecule has 0 radical (unpaired) electrons. The highest BCUT2D eigenvalue weighted by molar-refractivity contribution is 5.82. The van der Waals surface area contributed by atoms with Gasteiger partial charge in [0.25, 0.3) is 0 Å². The smallest absolute Gasteiger partial charge is 0.224 e. The Morgan fingerprint density at radius 3 is 3.09 bits per heavy atom. The van der Waals surface area contributed by atoms with Crippen LogP contribution < -0.4 is 5.32 Å². The maximum atomic E-state index is 10.9. The van der Waals surface area contributed by atoms with Crippen LogP contribution in [0.15, 0.2) is 23.6 Å². The highest BCUT2D eigenvalue weighted by atomic mass is 16.3. The molecule has 11 heavy (non-hydrogen) atoms. The molecule has 0 aromatic rings. The molecule has 58 valence electrons. The van der Waals surface area contributed by atoms with Gasteiger partial charge in [0.1, 0.15) is 0 Å². The Hall–Kier alpha value is -1.25. The van der Waals surface area contributed by atoms with E-state index < -0.39 is 0 Å². The van der Waals surface area contributed by atoms with Crippen molar-refractivity contribution in [2.45, 2.75) is 12.8 Å².